The van der Waals surface area contributed by atoms with Crippen LogP contribution in [-0.2, 0) is 11.2 Å². The average Bonchev–Trinajstić information content (AvgIpc) is 2.70. The summed E-state index contributed by atoms with van der Waals surface area (Å²) in [6, 6.07) is 7.82. The van der Waals surface area contributed by atoms with E-state index in [-0.39, 0.29) is 6.42 Å². The number of hydrogen-bond acceptors (Lipinski definition) is 4. The number of carboxylic acids is 1. The zero-order chi connectivity index (χ0) is 13.8. The molecule has 2 rings (SSSR count). The van der Waals surface area contributed by atoms with Gasteiger partial charge >= 0.3 is 5.97 Å². The maximum atomic E-state index is 10.6. The van der Waals surface area contributed by atoms with Gasteiger partial charge in [0, 0.05) is 15.0 Å². The Bertz CT molecular complexity index is 581. The standard InChI is InChI=1S/C13H13BrN2O2S/c1-8-11(6-7-12(17)18)19-13(15-8)16-10-4-2-9(14)3-5-10/h2-5H,6-7H2,1H3,(H,15,16)(H,17,18). The average molecular weight is 341 g/mol. The molecular formula is C13H13BrN2O2S. The number of aromatic nitrogens is 1. The maximum absolute atomic E-state index is 10.6. The number of rotatable bonds is 5. The van der Waals surface area contributed by atoms with E-state index in [0.717, 1.165) is 25.9 Å². The SMILES string of the molecule is Cc1nc(Nc2ccc(Br)cc2)sc1CCC(=O)O. The second-order valence-electron chi connectivity index (χ2n) is 4.05. The first-order chi connectivity index (χ1) is 9.04. The van der Waals surface area contributed by atoms with Gasteiger partial charge in [0.25, 0.3) is 0 Å². The lowest BCUT2D eigenvalue weighted by Crippen LogP contribution is -1.96. The number of nitrogens with one attached hydrogen (secondary N) is 1. The number of halogens is 1. The van der Waals surface area contributed by atoms with Crippen molar-refractivity contribution in [3.8, 4) is 0 Å². The summed E-state index contributed by atoms with van der Waals surface area (Å²) >= 11 is 4.89. The Labute approximate surface area is 123 Å². The van der Waals surface area contributed by atoms with E-state index in [1.807, 2.05) is 31.2 Å². The van der Waals surface area contributed by atoms with Crippen molar-refractivity contribution in [3.05, 3.63) is 39.3 Å². The summed E-state index contributed by atoms with van der Waals surface area (Å²) in [6.45, 7) is 1.90. The molecule has 2 N–H and O–H groups in total. The van der Waals surface area contributed by atoms with Gasteiger partial charge in [-0.05, 0) is 37.6 Å². The number of aryl methyl sites for hydroxylation is 2. The number of hydrogen-bond donors (Lipinski definition) is 2. The van der Waals surface area contributed by atoms with Crippen LogP contribution in [0.2, 0.25) is 0 Å². The van der Waals surface area contributed by atoms with Crippen molar-refractivity contribution in [1.29, 1.82) is 0 Å². The highest BCUT2D eigenvalue weighted by Gasteiger charge is 2.09. The maximum Gasteiger partial charge on any atom is 0.303 e. The number of carbonyl (C=O) groups is 1. The molecule has 0 radical (unpaired) electrons. The van der Waals surface area contributed by atoms with Gasteiger partial charge in [0.1, 0.15) is 0 Å². The normalized spacial score (nSPS) is 10.4. The summed E-state index contributed by atoms with van der Waals surface area (Å²) in [7, 11) is 0. The smallest absolute Gasteiger partial charge is 0.303 e. The second kappa shape index (κ2) is 6.16. The van der Waals surface area contributed by atoms with Crippen LogP contribution in [0, 0.1) is 6.92 Å². The fraction of sp³-hybridized carbons (Fsp3) is 0.231. The second-order valence-corrected chi connectivity index (χ2v) is 6.05. The molecule has 0 unspecified atom stereocenters. The molecule has 4 nitrogen and oxygen atoms in total. The molecule has 0 saturated heterocycles. The lowest BCUT2D eigenvalue weighted by Gasteiger charge is -2.01. The Balaban J connectivity index is 2.07. The summed E-state index contributed by atoms with van der Waals surface area (Å²) in [5.74, 6) is -0.782. The van der Waals surface area contributed by atoms with Crippen LogP contribution in [0.5, 0.6) is 0 Å². The topological polar surface area (TPSA) is 62.2 Å². The quantitative estimate of drug-likeness (QED) is 0.864. The molecule has 1 aromatic heterocycles. The molecule has 0 atom stereocenters. The Morgan fingerprint density at radius 3 is 2.74 bits per heavy atom. The Morgan fingerprint density at radius 2 is 2.11 bits per heavy atom. The lowest BCUT2D eigenvalue weighted by atomic mass is 10.2. The van der Waals surface area contributed by atoms with Crippen LogP contribution >= 0.6 is 27.3 Å². The molecule has 0 aliphatic rings. The van der Waals surface area contributed by atoms with Gasteiger partial charge in [-0.2, -0.15) is 0 Å². The third-order valence-corrected chi connectivity index (χ3v) is 4.22. The third kappa shape index (κ3) is 4.04. The minimum atomic E-state index is -0.782. The van der Waals surface area contributed by atoms with Gasteiger partial charge < -0.3 is 10.4 Å². The molecule has 0 amide bonds. The number of anilines is 2. The molecule has 0 aliphatic heterocycles. The number of thiazole rings is 1. The van der Waals surface area contributed by atoms with Gasteiger partial charge in [0.2, 0.25) is 0 Å². The molecule has 0 spiro atoms. The van der Waals surface area contributed by atoms with Crippen LogP contribution in [0.3, 0.4) is 0 Å². The van der Waals surface area contributed by atoms with Crippen molar-refractivity contribution in [2.24, 2.45) is 0 Å². The van der Waals surface area contributed by atoms with E-state index in [9.17, 15) is 4.79 Å². The first kappa shape index (κ1) is 14.0. The Morgan fingerprint density at radius 1 is 1.42 bits per heavy atom. The number of benzene rings is 1. The molecule has 0 saturated carbocycles. The fourth-order valence-corrected chi connectivity index (χ4v) is 2.84. The third-order valence-electron chi connectivity index (χ3n) is 2.55. The van der Waals surface area contributed by atoms with E-state index in [1.165, 1.54) is 11.3 Å². The number of aliphatic carboxylic acids is 1. The summed E-state index contributed by atoms with van der Waals surface area (Å²) in [4.78, 5) is 16.0. The molecule has 1 aromatic carbocycles. The first-order valence-corrected chi connectivity index (χ1v) is 7.36. The highest BCUT2D eigenvalue weighted by Crippen LogP contribution is 2.27. The van der Waals surface area contributed by atoms with Crippen LogP contribution < -0.4 is 5.32 Å². The van der Waals surface area contributed by atoms with Crippen LogP contribution in [0.4, 0.5) is 10.8 Å². The van der Waals surface area contributed by atoms with Crippen LogP contribution in [0.1, 0.15) is 17.0 Å². The van der Waals surface area contributed by atoms with Gasteiger partial charge in [-0.15, -0.1) is 11.3 Å². The largest absolute Gasteiger partial charge is 0.481 e. The van der Waals surface area contributed by atoms with E-state index >= 15 is 0 Å². The van der Waals surface area contributed by atoms with Crippen molar-refractivity contribution in [3.63, 3.8) is 0 Å². The van der Waals surface area contributed by atoms with E-state index in [4.69, 9.17) is 5.11 Å². The first-order valence-electron chi connectivity index (χ1n) is 5.75. The molecule has 19 heavy (non-hydrogen) atoms. The van der Waals surface area contributed by atoms with Crippen LogP contribution in [-0.4, -0.2) is 16.1 Å². The van der Waals surface area contributed by atoms with Crippen molar-refractivity contribution in [1.82, 2.24) is 4.98 Å². The highest BCUT2D eigenvalue weighted by atomic mass is 79.9. The predicted octanol–water partition coefficient (Wildman–Crippen LogP) is 3.97. The van der Waals surface area contributed by atoms with E-state index in [0.29, 0.717) is 6.42 Å². The minimum Gasteiger partial charge on any atom is -0.481 e. The monoisotopic (exact) mass is 340 g/mol. The van der Waals surface area contributed by atoms with E-state index in [1.54, 1.807) is 0 Å². The van der Waals surface area contributed by atoms with Crippen LogP contribution in [0.25, 0.3) is 0 Å². The Hall–Kier alpha value is -1.40. The summed E-state index contributed by atoms with van der Waals surface area (Å²) in [5.41, 5.74) is 1.85. The van der Waals surface area contributed by atoms with Gasteiger partial charge in [0.15, 0.2) is 5.13 Å². The van der Waals surface area contributed by atoms with Gasteiger partial charge in [-0.3, -0.25) is 4.79 Å². The van der Waals surface area contributed by atoms with E-state index in [2.05, 4.69) is 26.2 Å². The van der Waals surface area contributed by atoms with Crippen LogP contribution in [0.15, 0.2) is 28.7 Å². The summed E-state index contributed by atoms with van der Waals surface area (Å²) in [6.07, 6.45) is 0.668. The van der Waals surface area contributed by atoms with Gasteiger partial charge in [-0.1, -0.05) is 15.9 Å². The van der Waals surface area contributed by atoms with Gasteiger partial charge in [-0.25, -0.2) is 4.98 Å². The predicted molar refractivity (Wildman–Crippen MR) is 80.2 cm³/mol. The molecule has 100 valence electrons. The van der Waals surface area contributed by atoms with Crippen molar-refractivity contribution in [2.75, 3.05) is 5.32 Å². The van der Waals surface area contributed by atoms with Crippen molar-refractivity contribution >= 4 is 44.1 Å². The number of nitrogens with zero attached hydrogens (tertiary/aromatic N) is 1. The lowest BCUT2D eigenvalue weighted by molar-refractivity contribution is -0.136. The minimum absolute atomic E-state index is 0.140. The molecular weight excluding hydrogens is 328 g/mol. The Kier molecular flexibility index (Phi) is 4.55. The molecule has 0 bridgehead atoms. The zero-order valence-electron chi connectivity index (χ0n) is 10.3. The molecule has 6 heteroatoms. The van der Waals surface area contributed by atoms with Crippen molar-refractivity contribution in [2.45, 2.75) is 19.8 Å². The fourth-order valence-electron chi connectivity index (χ4n) is 1.59. The zero-order valence-corrected chi connectivity index (χ0v) is 12.7. The molecule has 1 heterocycles. The number of carboxylic acid groups (broad SMARTS) is 1. The summed E-state index contributed by atoms with van der Waals surface area (Å²) in [5, 5.41) is 12.7. The van der Waals surface area contributed by atoms with Crippen molar-refractivity contribution < 1.29 is 9.90 Å². The summed E-state index contributed by atoms with van der Waals surface area (Å²) < 4.78 is 1.02. The molecule has 0 fully saturated rings. The molecule has 0 aliphatic carbocycles. The van der Waals surface area contributed by atoms with E-state index < -0.39 is 5.97 Å². The highest BCUT2D eigenvalue weighted by molar-refractivity contribution is 9.10. The molecule has 2 aromatic rings. The van der Waals surface area contributed by atoms with Gasteiger partial charge in [0.05, 0.1) is 12.1 Å².